The molecule has 0 radical (unpaired) electrons. The van der Waals surface area contributed by atoms with Crippen molar-refractivity contribution in [2.24, 2.45) is 0 Å². The molecule has 1 unspecified atom stereocenters. The zero-order chi connectivity index (χ0) is 14.1. The van der Waals surface area contributed by atoms with E-state index in [-0.39, 0.29) is 5.92 Å². The second-order valence-corrected chi connectivity index (χ2v) is 5.53. The number of aromatic nitrogens is 2. The summed E-state index contributed by atoms with van der Waals surface area (Å²) in [5.74, 6) is 0.399. The van der Waals surface area contributed by atoms with Gasteiger partial charge >= 0.3 is 0 Å². The number of ketones is 1. The maximum Gasteiger partial charge on any atom is 0.146 e. The molecule has 3 nitrogen and oxygen atoms in total. The van der Waals surface area contributed by atoms with E-state index in [2.05, 4.69) is 30.2 Å². The Labute approximate surface area is 119 Å². The summed E-state index contributed by atoms with van der Waals surface area (Å²) in [6.07, 6.45) is 2.48. The van der Waals surface area contributed by atoms with Crippen LogP contribution in [0.1, 0.15) is 41.8 Å². The SMILES string of the molecule is CCn1nc(C)cc1CC(=O)C1CCc2ccccc21. The number of hydrogen-bond donors (Lipinski definition) is 0. The predicted octanol–water partition coefficient (Wildman–Crippen LogP) is 3.05. The molecule has 0 saturated heterocycles. The third kappa shape index (κ3) is 2.28. The Morgan fingerprint density at radius 3 is 3.00 bits per heavy atom. The number of Topliss-reactive ketones (excluding diaryl/α,β-unsaturated/α-hetero) is 1. The number of nitrogens with zero attached hydrogens (tertiary/aromatic N) is 2. The van der Waals surface area contributed by atoms with E-state index < -0.39 is 0 Å². The van der Waals surface area contributed by atoms with Crippen molar-refractivity contribution in [3.63, 3.8) is 0 Å². The molecule has 0 amide bonds. The third-order valence-corrected chi connectivity index (χ3v) is 4.16. The van der Waals surface area contributed by atoms with E-state index in [1.165, 1.54) is 11.1 Å². The van der Waals surface area contributed by atoms with Crippen LogP contribution in [0.4, 0.5) is 0 Å². The van der Waals surface area contributed by atoms with E-state index in [4.69, 9.17) is 0 Å². The zero-order valence-electron chi connectivity index (χ0n) is 12.1. The van der Waals surface area contributed by atoms with Crippen molar-refractivity contribution in [3.8, 4) is 0 Å². The van der Waals surface area contributed by atoms with Crippen LogP contribution in [0.3, 0.4) is 0 Å². The first kappa shape index (κ1) is 13.1. The largest absolute Gasteiger partial charge is 0.299 e. The van der Waals surface area contributed by atoms with E-state index in [0.717, 1.165) is 30.8 Å². The lowest BCUT2D eigenvalue weighted by Gasteiger charge is -2.11. The average Bonchev–Trinajstić information content (AvgIpc) is 3.02. The number of aryl methyl sites for hydroxylation is 3. The maximum absolute atomic E-state index is 12.6. The van der Waals surface area contributed by atoms with Crippen LogP contribution < -0.4 is 0 Å². The molecular formula is C17H20N2O. The Morgan fingerprint density at radius 2 is 2.20 bits per heavy atom. The summed E-state index contributed by atoms with van der Waals surface area (Å²) in [4.78, 5) is 12.6. The van der Waals surface area contributed by atoms with Gasteiger partial charge in [0.25, 0.3) is 0 Å². The molecule has 0 fully saturated rings. The van der Waals surface area contributed by atoms with Crippen LogP contribution in [0.2, 0.25) is 0 Å². The topological polar surface area (TPSA) is 34.9 Å². The van der Waals surface area contributed by atoms with Crippen LogP contribution >= 0.6 is 0 Å². The molecule has 104 valence electrons. The molecule has 1 atom stereocenters. The summed E-state index contributed by atoms with van der Waals surface area (Å²) < 4.78 is 1.94. The van der Waals surface area contributed by atoms with Crippen molar-refractivity contribution >= 4 is 5.78 Å². The molecule has 0 aliphatic heterocycles. The molecule has 1 aromatic heterocycles. The minimum Gasteiger partial charge on any atom is -0.299 e. The highest BCUT2D eigenvalue weighted by Crippen LogP contribution is 2.34. The first-order valence-corrected chi connectivity index (χ1v) is 7.33. The van der Waals surface area contributed by atoms with Crippen molar-refractivity contribution in [1.82, 2.24) is 9.78 Å². The van der Waals surface area contributed by atoms with E-state index in [9.17, 15) is 4.79 Å². The molecule has 1 aliphatic rings. The summed E-state index contributed by atoms with van der Waals surface area (Å²) in [5, 5.41) is 4.42. The van der Waals surface area contributed by atoms with Gasteiger partial charge in [-0.25, -0.2) is 0 Å². The molecule has 20 heavy (non-hydrogen) atoms. The molecule has 0 bridgehead atoms. The van der Waals surface area contributed by atoms with Gasteiger partial charge in [0.1, 0.15) is 5.78 Å². The molecule has 1 aromatic carbocycles. The van der Waals surface area contributed by atoms with Crippen LogP contribution in [-0.2, 0) is 24.2 Å². The Kier molecular flexibility index (Phi) is 3.43. The lowest BCUT2D eigenvalue weighted by Crippen LogP contribution is -2.15. The van der Waals surface area contributed by atoms with Gasteiger partial charge in [-0.3, -0.25) is 9.48 Å². The Bertz CT molecular complexity index is 642. The van der Waals surface area contributed by atoms with E-state index >= 15 is 0 Å². The number of fused-ring (bicyclic) bond motifs is 1. The number of benzene rings is 1. The van der Waals surface area contributed by atoms with Gasteiger partial charge in [-0.2, -0.15) is 5.10 Å². The smallest absolute Gasteiger partial charge is 0.146 e. The monoisotopic (exact) mass is 268 g/mol. The molecule has 0 saturated carbocycles. The Hall–Kier alpha value is -1.90. The fourth-order valence-corrected chi connectivity index (χ4v) is 3.21. The van der Waals surface area contributed by atoms with Crippen LogP contribution in [0.5, 0.6) is 0 Å². The molecular weight excluding hydrogens is 248 g/mol. The molecule has 3 heteroatoms. The summed E-state index contributed by atoms with van der Waals surface area (Å²) in [5.41, 5.74) is 4.60. The minimum absolute atomic E-state index is 0.0757. The summed E-state index contributed by atoms with van der Waals surface area (Å²) in [7, 11) is 0. The van der Waals surface area contributed by atoms with Gasteiger partial charge in [-0.15, -0.1) is 0 Å². The van der Waals surface area contributed by atoms with Gasteiger partial charge < -0.3 is 0 Å². The van der Waals surface area contributed by atoms with Crippen LogP contribution in [0, 0.1) is 6.92 Å². The molecule has 2 aromatic rings. The first-order valence-electron chi connectivity index (χ1n) is 7.33. The van der Waals surface area contributed by atoms with Crippen molar-refractivity contribution in [2.75, 3.05) is 0 Å². The quantitative estimate of drug-likeness (QED) is 0.854. The van der Waals surface area contributed by atoms with Crippen molar-refractivity contribution in [2.45, 2.75) is 45.6 Å². The van der Waals surface area contributed by atoms with Gasteiger partial charge in [0, 0.05) is 24.6 Å². The number of carbonyl (C=O) groups is 1. The number of hydrogen-bond acceptors (Lipinski definition) is 2. The second-order valence-electron chi connectivity index (χ2n) is 5.53. The summed E-state index contributed by atoms with van der Waals surface area (Å²) in [6.45, 7) is 4.86. The molecule has 1 heterocycles. The van der Waals surface area contributed by atoms with Gasteiger partial charge in [-0.05, 0) is 43.9 Å². The van der Waals surface area contributed by atoms with Crippen LogP contribution in [-0.4, -0.2) is 15.6 Å². The van der Waals surface area contributed by atoms with Crippen molar-refractivity contribution < 1.29 is 4.79 Å². The highest BCUT2D eigenvalue weighted by atomic mass is 16.1. The zero-order valence-corrected chi connectivity index (χ0v) is 12.1. The standard InChI is InChI=1S/C17H20N2O/c1-3-19-14(10-12(2)18-19)11-17(20)16-9-8-13-6-4-5-7-15(13)16/h4-7,10,16H,3,8-9,11H2,1-2H3. The fourth-order valence-electron chi connectivity index (χ4n) is 3.21. The second kappa shape index (κ2) is 5.23. The first-order chi connectivity index (χ1) is 9.69. The summed E-state index contributed by atoms with van der Waals surface area (Å²) >= 11 is 0. The van der Waals surface area contributed by atoms with Gasteiger partial charge in [0.15, 0.2) is 0 Å². The van der Waals surface area contributed by atoms with Crippen molar-refractivity contribution in [1.29, 1.82) is 0 Å². The van der Waals surface area contributed by atoms with Gasteiger partial charge in [-0.1, -0.05) is 24.3 Å². The predicted molar refractivity (Wildman–Crippen MR) is 78.9 cm³/mol. The number of carbonyl (C=O) groups excluding carboxylic acids is 1. The molecule has 0 spiro atoms. The maximum atomic E-state index is 12.6. The highest BCUT2D eigenvalue weighted by molar-refractivity contribution is 5.88. The van der Waals surface area contributed by atoms with Gasteiger partial charge in [0.2, 0.25) is 0 Å². The van der Waals surface area contributed by atoms with Crippen molar-refractivity contribution in [3.05, 3.63) is 52.8 Å². The molecule has 0 N–H and O–H groups in total. The lowest BCUT2D eigenvalue weighted by molar-refractivity contribution is -0.119. The van der Waals surface area contributed by atoms with E-state index in [1.54, 1.807) is 0 Å². The normalized spacial score (nSPS) is 17.2. The summed E-state index contributed by atoms with van der Waals surface area (Å²) in [6, 6.07) is 10.4. The van der Waals surface area contributed by atoms with E-state index in [0.29, 0.717) is 12.2 Å². The fraction of sp³-hybridized carbons (Fsp3) is 0.412. The molecule has 3 rings (SSSR count). The molecule has 1 aliphatic carbocycles. The Morgan fingerprint density at radius 1 is 1.40 bits per heavy atom. The minimum atomic E-state index is 0.0757. The number of rotatable bonds is 4. The van der Waals surface area contributed by atoms with Crippen LogP contribution in [0.15, 0.2) is 30.3 Å². The van der Waals surface area contributed by atoms with Crippen LogP contribution in [0.25, 0.3) is 0 Å². The van der Waals surface area contributed by atoms with Gasteiger partial charge in [0.05, 0.1) is 5.69 Å². The average molecular weight is 268 g/mol. The Balaban J connectivity index is 1.81. The third-order valence-electron chi connectivity index (χ3n) is 4.16. The highest BCUT2D eigenvalue weighted by Gasteiger charge is 2.28. The lowest BCUT2D eigenvalue weighted by atomic mass is 9.94. The van der Waals surface area contributed by atoms with E-state index in [1.807, 2.05) is 23.7 Å².